The van der Waals surface area contributed by atoms with E-state index in [1.165, 1.54) is 47.2 Å². The zero-order valence-corrected chi connectivity index (χ0v) is 15.6. The summed E-state index contributed by atoms with van der Waals surface area (Å²) < 4.78 is 14.9. The van der Waals surface area contributed by atoms with Crippen LogP contribution in [0.1, 0.15) is 17.0 Å². The van der Waals surface area contributed by atoms with Gasteiger partial charge in [-0.2, -0.15) is 0 Å². The molecular weight excluding hydrogens is 351 g/mol. The van der Waals surface area contributed by atoms with Crippen molar-refractivity contribution in [2.24, 2.45) is 0 Å². The van der Waals surface area contributed by atoms with Gasteiger partial charge in [0, 0.05) is 11.4 Å². The number of rotatable bonds is 5. The average Bonchev–Trinajstić information content (AvgIpc) is 2.98. The minimum absolute atomic E-state index is 0.181. The van der Waals surface area contributed by atoms with Gasteiger partial charge in [0.15, 0.2) is 5.16 Å². The number of nitrogens with one attached hydrogen (secondary N) is 1. The fourth-order valence-electron chi connectivity index (χ4n) is 2.46. The molecule has 134 valence electrons. The Morgan fingerprint density at radius 3 is 2.50 bits per heavy atom. The van der Waals surface area contributed by atoms with Gasteiger partial charge in [-0.15, -0.1) is 10.2 Å². The fourth-order valence-corrected chi connectivity index (χ4v) is 3.26. The number of thioether (sulfide) groups is 1. The van der Waals surface area contributed by atoms with Crippen molar-refractivity contribution >= 4 is 23.4 Å². The summed E-state index contributed by atoms with van der Waals surface area (Å²) in [5.41, 5.74) is 3.92. The summed E-state index contributed by atoms with van der Waals surface area (Å²) in [6.07, 6.45) is 0. The van der Waals surface area contributed by atoms with E-state index in [-0.39, 0.29) is 17.5 Å². The second-order valence-corrected chi connectivity index (χ2v) is 6.92. The van der Waals surface area contributed by atoms with Crippen LogP contribution in [0.5, 0.6) is 0 Å². The number of aryl methyl sites for hydroxylation is 3. The summed E-state index contributed by atoms with van der Waals surface area (Å²) >= 11 is 1.31. The van der Waals surface area contributed by atoms with E-state index < -0.39 is 0 Å². The Balaban J connectivity index is 1.71. The van der Waals surface area contributed by atoms with E-state index >= 15 is 0 Å². The van der Waals surface area contributed by atoms with Crippen LogP contribution in [0.4, 0.5) is 10.1 Å². The highest BCUT2D eigenvalue weighted by Crippen LogP contribution is 2.23. The average molecular weight is 370 g/mol. The van der Waals surface area contributed by atoms with Crippen LogP contribution in [-0.2, 0) is 4.79 Å². The highest BCUT2D eigenvalue weighted by Gasteiger charge is 2.14. The first-order valence-electron chi connectivity index (χ1n) is 8.12. The lowest BCUT2D eigenvalue weighted by Crippen LogP contribution is -2.14. The number of anilines is 1. The van der Waals surface area contributed by atoms with Crippen molar-refractivity contribution in [2.45, 2.75) is 25.9 Å². The standard InChI is InChI=1S/C19H19FN4OS/c1-12-4-9-17(10-13(12)2)24-14(3)22-23-19(24)26-11-18(25)21-16-7-5-15(20)6-8-16/h4-10H,11H2,1-3H3,(H,21,25). The molecule has 0 aliphatic heterocycles. The number of hydrogen-bond donors (Lipinski definition) is 1. The number of nitrogens with zero attached hydrogens (tertiary/aromatic N) is 3. The molecule has 0 fully saturated rings. The lowest BCUT2D eigenvalue weighted by Gasteiger charge is -2.10. The van der Waals surface area contributed by atoms with Gasteiger partial charge in [-0.3, -0.25) is 9.36 Å². The molecule has 0 spiro atoms. The van der Waals surface area contributed by atoms with Crippen LogP contribution in [0.3, 0.4) is 0 Å². The van der Waals surface area contributed by atoms with Crippen LogP contribution in [0.2, 0.25) is 0 Å². The third-order valence-corrected chi connectivity index (χ3v) is 4.93. The molecule has 0 bridgehead atoms. The molecule has 0 atom stereocenters. The minimum Gasteiger partial charge on any atom is -0.325 e. The Labute approximate surface area is 155 Å². The monoisotopic (exact) mass is 370 g/mol. The van der Waals surface area contributed by atoms with E-state index in [1.807, 2.05) is 17.6 Å². The predicted molar refractivity (Wildman–Crippen MR) is 101 cm³/mol. The maximum absolute atomic E-state index is 12.9. The molecule has 0 aliphatic carbocycles. The first-order chi connectivity index (χ1) is 12.4. The van der Waals surface area contributed by atoms with Crippen molar-refractivity contribution in [1.82, 2.24) is 14.8 Å². The molecule has 26 heavy (non-hydrogen) atoms. The van der Waals surface area contributed by atoms with Gasteiger partial charge in [-0.25, -0.2) is 4.39 Å². The van der Waals surface area contributed by atoms with E-state index in [4.69, 9.17) is 0 Å². The Kier molecular flexibility index (Phi) is 5.37. The lowest BCUT2D eigenvalue weighted by atomic mass is 10.1. The highest BCUT2D eigenvalue weighted by atomic mass is 32.2. The molecule has 1 heterocycles. The number of hydrogen-bond acceptors (Lipinski definition) is 4. The zero-order valence-electron chi connectivity index (χ0n) is 14.8. The first kappa shape index (κ1) is 18.1. The SMILES string of the molecule is Cc1ccc(-n2c(C)nnc2SCC(=O)Nc2ccc(F)cc2)cc1C. The summed E-state index contributed by atoms with van der Waals surface area (Å²) in [7, 11) is 0. The molecule has 3 rings (SSSR count). The van der Waals surface area contributed by atoms with E-state index in [1.54, 1.807) is 0 Å². The van der Waals surface area contributed by atoms with Crippen LogP contribution in [-0.4, -0.2) is 26.4 Å². The van der Waals surface area contributed by atoms with E-state index in [9.17, 15) is 9.18 Å². The summed E-state index contributed by atoms with van der Waals surface area (Å²) in [4.78, 5) is 12.1. The Morgan fingerprint density at radius 2 is 1.81 bits per heavy atom. The predicted octanol–water partition coefficient (Wildman–Crippen LogP) is 4.06. The van der Waals surface area contributed by atoms with Crippen molar-refractivity contribution in [1.29, 1.82) is 0 Å². The molecule has 0 saturated carbocycles. The van der Waals surface area contributed by atoms with E-state index in [0.29, 0.717) is 10.8 Å². The molecule has 0 radical (unpaired) electrons. The Hall–Kier alpha value is -2.67. The summed E-state index contributed by atoms with van der Waals surface area (Å²) in [6, 6.07) is 11.8. The summed E-state index contributed by atoms with van der Waals surface area (Å²) in [5, 5.41) is 11.7. The smallest absolute Gasteiger partial charge is 0.234 e. The number of halogens is 1. The number of amides is 1. The molecule has 7 heteroatoms. The lowest BCUT2D eigenvalue weighted by molar-refractivity contribution is -0.113. The van der Waals surface area contributed by atoms with Gasteiger partial charge >= 0.3 is 0 Å². The zero-order chi connectivity index (χ0) is 18.7. The second kappa shape index (κ2) is 7.70. The number of aromatic nitrogens is 3. The maximum atomic E-state index is 12.9. The number of benzene rings is 2. The van der Waals surface area contributed by atoms with Crippen molar-refractivity contribution in [3.8, 4) is 5.69 Å². The van der Waals surface area contributed by atoms with Crippen LogP contribution in [0, 0.1) is 26.6 Å². The van der Waals surface area contributed by atoms with E-state index in [0.717, 1.165) is 11.5 Å². The Bertz CT molecular complexity index is 937. The van der Waals surface area contributed by atoms with Crippen molar-refractivity contribution in [3.63, 3.8) is 0 Å². The van der Waals surface area contributed by atoms with Crippen LogP contribution >= 0.6 is 11.8 Å². The molecule has 1 N–H and O–H groups in total. The van der Waals surface area contributed by atoms with Crippen LogP contribution < -0.4 is 5.32 Å². The molecule has 0 saturated heterocycles. The van der Waals surface area contributed by atoms with Crippen LogP contribution in [0.15, 0.2) is 47.6 Å². The van der Waals surface area contributed by atoms with Gasteiger partial charge in [-0.1, -0.05) is 17.8 Å². The van der Waals surface area contributed by atoms with Crippen molar-refractivity contribution in [2.75, 3.05) is 11.1 Å². The number of carbonyl (C=O) groups is 1. The molecular formula is C19H19FN4OS. The van der Waals surface area contributed by atoms with Gasteiger partial charge in [0.25, 0.3) is 0 Å². The van der Waals surface area contributed by atoms with Gasteiger partial charge in [0.1, 0.15) is 11.6 Å². The molecule has 1 aromatic heterocycles. The van der Waals surface area contributed by atoms with Crippen molar-refractivity contribution < 1.29 is 9.18 Å². The minimum atomic E-state index is -0.339. The van der Waals surface area contributed by atoms with Gasteiger partial charge < -0.3 is 5.32 Å². The molecule has 0 aliphatic rings. The van der Waals surface area contributed by atoms with Crippen molar-refractivity contribution in [3.05, 3.63) is 65.2 Å². The van der Waals surface area contributed by atoms with Gasteiger partial charge in [0.2, 0.25) is 5.91 Å². The largest absolute Gasteiger partial charge is 0.325 e. The summed E-state index contributed by atoms with van der Waals surface area (Å²) in [6.45, 7) is 6.00. The first-order valence-corrected chi connectivity index (χ1v) is 9.10. The molecule has 5 nitrogen and oxygen atoms in total. The summed E-state index contributed by atoms with van der Waals surface area (Å²) in [5.74, 6) is 0.415. The quantitative estimate of drug-likeness (QED) is 0.688. The molecule has 2 aromatic carbocycles. The van der Waals surface area contributed by atoms with Gasteiger partial charge in [0.05, 0.1) is 5.75 Å². The number of carbonyl (C=O) groups excluding carboxylic acids is 1. The normalized spacial score (nSPS) is 10.8. The molecule has 0 unspecified atom stereocenters. The van der Waals surface area contributed by atoms with Crippen LogP contribution in [0.25, 0.3) is 5.69 Å². The molecule has 1 amide bonds. The highest BCUT2D eigenvalue weighted by molar-refractivity contribution is 7.99. The van der Waals surface area contributed by atoms with E-state index in [2.05, 4.69) is 41.5 Å². The topological polar surface area (TPSA) is 59.8 Å². The third-order valence-electron chi connectivity index (χ3n) is 4.00. The molecule has 3 aromatic rings. The fraction of sp³-hybridized carbons (Fsp3) is 0.211. The maximum Gasteiger partial charge on any atom is 0.234 e. The van der Waals surface area contributed by atoms with Gasteiger partial charge in [-0.05, 0) is 68.3 Å². The Morgan fingerprint density at radius 1 is 1.08 bits per heavy atom. The second-order valence-electron chi connectivity index (χ2n) is 5.98. The third kappa shape index (κ3) is 4.11.